The third kappa shape index (κ3) is 2.60. The van der Waals surface area contributed by atoms with Gasteiger partial charge in [0.1, 0.15) is 0 Å². The topological polar surface area (TPSA) is 40.5 Å². The Kier molecular flexibility index (Phi) is 3.99. The van der Waals surface area contributed by atoms with Crippen molar-refractivity contribution in [2.75, 3.05) is 0 Å². The summed E-state index contributed by atoms with van der Waals surface area (Å²) in [5.41, 5.74) is 1.05. The Labute approximate surface area is 111 Å². The van der Waals surface area contributed by atoms with E-state index in [2.05, 4.69) is 0 Å². The van der Waals surface area contributed by atoms with Crippen LogP contribution in [-0.4, -0.2) is 22.4 Å². The number of benzene rings is 1. The molecule has 1 aliphatic rings. The van der Waals surface area contributed by atoms with Crippen molar-refractivity contribution in [2.24, 2.45) is 5.92 Å². The van der Waals surface area contributed by atoms with Gasteiger partial charge in [0.15, 0.2) is 0 Å². The van der Waals surface area contributed by atoms with E-state index in [1.807, 2.05) is 19.1 Å². The van der Waals surface area contributed by atoms with E-state index < -0.39 is 12.2 Å². The molecule has 2 rings (SSSR count). The fourth-order valence-corrected chi connectivity index (χ4v) is 2.89. The van der Waals surface area contributed by atoms with Crippen molar-refractivity contribution < 1.29 is 10.2 Å². The number of halogens is 2. The number of aliphatic hydroxyl groups excluding tert-OH is 2. The summed E-state index contributed by atoms with van der Waals surface area (Å²) in [6.07, 6.45) is 0.269. The Bertz CT molecular complexity index is 408. The fourth-order valence-electron chi connectivity index (χ4n) is 2.58. The monoisotopic (exact) mass is 274 g/mol. The average Bonchev–Trinajstić information content (AvgIpc) is 2.63. The van der Waals surface area contributed by atoms with Gasteiger partial charge in [-0.15, -0.1) is 0 Å². The molecule has 1 aromatic carbocycles. The van der Waals surface area contributed by atoms with Gasteiger partial charge in [-0.05, 0) is 42.4 Å². The summed E-state index contributed by atoms with van der Waals surface area (Å²) < 4.78 is 0. The molecule has 0 saturated heterocycles. The van der Waals surface area contributed by atoms with E-state index in [0.717, 1.165) is 12.0 Å². The molecule has 0 aromatic heterocycles. The molecule has 0 bridgehead atoms. The second-order valence-corrected chi connectivity index (χ2v) is 5.58. The average molecular weight is 275 g/mol. The Hall–Kier alpha value is -0.280. The molecule has 0 aliphatic heterocycles. The minimum Gasteiger partial charge on any atom is -0.390 e. The number of rotatable bonds is 2. The maximum Gasteiger partial charge on any atom is 0.0832 e. The molecule has 1 saturated carbocycles. The van der Waals surface area contributed by atoms with Crippen LogP contribution in [0.1, 0.15) is 31.2 Å². The lowest BCUT2D eigenvalue weighted by Crippen LogP contribution is -2.27. The fraction of sp³-hybridized carbons (Fsp3) is 0.538. The molecule has 4 unspecified atom stereocenters. The van der Waals surface area contributed by atoms with Gasteiger partial charge in [0.25, 0.3) is 0 Å². The third-order valence-electron chi connectivity index (χ3n) is 3.74. The molecule has 0 heterocycles. The predicted octanol–water partition coefficient (Wildman–Crippen LogP) is 3.23. The lowest BCUT2D eigenvalue weighted by molar-refractivity contribution is 0.0156. The van der Waals surface area contributed by atoms with Gasteiger partial charge in [0.05, 0.1) is 22.3 Å². The van der Waals surface area contributed by atoms with Crippen LogP contribution in [0.2, 0.25) is 10.0 Å². The number of hydrogen-bond donors (Lipinski definition) is 2. The Balaban J connectivity index is 2.19. The van der Waals surface area contributed by atoms with Crippen LogP contribution in [0, 0.1) is 5.92 Å². The zero-order chi connectivity index (χ0) is 12.6. The minimum absolute atomic E-state index is 0.0854. The summed E-state index contributed by atoms with van der Waals surface area (Å²) in [5.74, 6) is 0.249. The zero-order valence-corrected chi connectivity index (χ0v) is 11.1. The number of hydrogen-bond acceptors (Lipinski definition) is 2. The molecule has 4 heteroatoms. The standard InChI is InChI=1S/C13H16Cl2O2/c1-7(9-3-5-12(16)13(9)17)8-2-4-10(14)11(15)6-8/h2,4,6-7,9,12-13,16-17H,3,5H2,1H3. The van der Waals surface area contributed by atoms with Gasteiger partial charge < -0.3 is 10.2 Å². The maximum absolute atomic E-state index is 9.90. The van der Waals surface area contributed by atoms with Crippen molar-refractivity contribution in [3.05, 3.63) is 33.8 Å². The van der Waals surface area contributed by atoms with Crippen molar-refractivity contribution in [3.63, 3.8) is 0 Å². The van der Waals surface area contributed by atoms with Crippen molar-refractivity contribution in [3.8, 4) is 0 Å². The number of aliphatic hydroxyl groups is 2. The highest BCUT2D eigenvalue weighted by molar-refractivity contribution is 6.42. The van der Waals surface area contributed by atoms with E-state index in [0.29, 0.717) is 16.5 Å². The van der Waals surface area contributed by atoms with Crippen LogP contribution in [0.4, 0.5) is 0 Å². The van der Waals surface area contributed by atoms with Crippen LogP contribution in [-0.2, 0) is 0 Å². The van der Waals surface area contributed by atoms with Crippen LogP contribution in [0.15, 0.2) is 18.2 Å². The molecule has 2 nitrogen and oxygen atoms in total. The van der Waals surface area contributed by atoms with E-state index in [4.69, 9.17) is 23.2 Å². The first-order valence-corrected chi connectivity index (χ1v) is 6.57. The van der Waals surface area contributed by atoms with Gasteiger partial charge >= 0.3 is 0 Å². The predicted molar refractivity (Wildman–Crippen MR) is 69.6 cm³/mol. The van der Waals surface area contributed by atoms with Gasteiger partial charge in [-0.3, -0.25) is 0 Å². The van der Waals surface area contributed by atoms with Crippen LogP contribution < -0.4 is 0 Å². The molecule has 1 fully saturated rings. The van der Waals surface area contributed by atoms with Gasteiger partial charge in [0.2, 0.25) is 0 Å². The van der Waals surface area contributed by atoms with Crippen molar-refractivity contribution in [2.45, 2.75) is 37.9 Å². The molecule has 94 valence electrons. The van der Waals surface area contributed by atoms with Crippen LogP contribution in [0.5, 0.6) is 0 Å². The van der Waals surface area contributed by atoms with Gasteiger partial charge in [0, 0.05) is 0 Å². The second-order valence-electron chi connectivity index (χ2n) is 4.76. The van der Waals surface area contributed by atoms with Gasteiger partial charge in [-0.25, -0.2) is 0 Å². The first-order chi connectivity index (χ1) is 8.00. The quantitative estimate of drug-likeness (QED) is 0.870. The molecule has 2 N–H and O–H groups in total. The van der Waals surface area contributed by atoms with E-state index >= 15 is 0 Å². The van der Waals surface area contributed by atoms with Crippen molar-refractivity contribution in [1.82, 2.24) is 0 Å². The van der Waals surface area contributed by atoms with E-state index in [9.17, 15) is 10.2 Å². The molecule has 0 radical (unpaired) electrons. The molecule has 1 aliphatic carbocycles. The highest BCUT2D eigenvalue weighted by Crippen LogP contribution is 2.38. The van der Waals surface area contributed by atoms with Crippen LogP contribution in [0.3, 0.4) is 0 Å². The summed E-state index contributed by atoms with van der Waals surface area (Å²) in [6.45, 7) is 2.05. The Morgan fingerprint density at radius 1 is 1.18 bits per heavy atom. The molecule has 0 amide bonds. The molecule has 4 atom stereocenters. The third-order valence-corrected chi connectivity index (χ3v) is 4.48. The smallest absolute Gasteiger partial charge is 0.0832 e. The summed E-state index contributed by atoms with van der Waals surface area (Å²) >= 11 is 11.9. The first-order valence-electron chi connectivity index (χ1n) is 5.81. The highest BCUT2D eigenvalue weighted by Gasteiger charge is 2.37. The largest absolute Gasteiger partial charge is 0.390 e. The zero-order valence-electron chi connectivity index (χ0n) is 9.61. The molecular weight excluding hydrogens is 259 g/mol. The van der Waals surface area contributed by atoms with E-state index in [-0.39, 0.29) is 11.8 Å². The summed E-state index contributed by atoms with van der Waals surface area (Å²) in [6, 6.07) is 5.54. The van der Waals surface area contributed by atoms with E-state index in [1.54, 1.807) is 6.07 Å². The van der Waals surface area contributed by atoms with Crippen molar-refractivity contribution >= 4 is 23.2 Å². The lowest BCUT2D eigenvalue weighted by atomic mass is 9.85. The SMILES string of the molecule is CC(c1ccc(Cl)c(Cl)c1)C1CCC(O)C1O. The maximum atomic E-state index is 9.90. The van der Waals surface area contributed by atoms with Crippen molar-refractivity contribution in [1.29, 1.82) is 0 Å². The Morgan fingerprint density at radius 2 is 1.88 bits per heavy atom. The summed E-state index contributed by atoms with van der Waals surface area (Å²) in [5, 5.41) is 20.5. The summed E-state index contributed by atoms with van der Waals surface area (Å²) in [4.78, 5) is 0. The van der Waals surface area contributed by atoms with Crippen LogP contribution in [0.25, 0.3) is 0 Å². The molecule has 17 heavy (non-hydrogen) atoms. The van der Waals surface area contributed by atoms with E-state index in [1.165, 1.54) is 0 Å². The van der Waals surface area contributed by atoms with Crippen LogP contribution >= 0.6 is 23.2 Å². The minimum atomic E-state index is -0.639. The Morgan fingerprint density at radius 3 is 2.41 bits per heavy atom. The molecule has 0 spiro atoms. The highest BCUT2D eigenvalue weighted by atomic mass is 35.5. The normalized spacial score (nSPS) is 30.5. The summed E-state index contributed by atoms with van der Waals surface area (Å²) in [7, 11) is 0. The first kappa shape index (κ1) is 13.2. The molecule has 1 aromatic rings. The van der Waals surface area contributed by atoms with Gasteiger partial charge in [-0.1, -0.05) is 36.2 Å². The van der Waals surface area contributed by atoms with Gasteiger partial charge in [-0.2, -0.15) is 0 Å². The lowest BCUT2D eigenvalue weighted by Gasteiger charge is -2.24. The second kappa shape index (κ2) is 5.15. The molecular formula is C13H16Cl2O2.